The zero-order valence-corrected chi connectivity index (χ0v) is 17.6. The van der Waals surface area contributed by atoms with Crippen molar-refractivity contribution in [3.8, 4) is 0 Å². The molecule has 0 amide bonds. The summed E-state index contributed by atoms with van der Waals surface area (Å²) in [7, 11) is 0. The first-order valence-corrected chi connectivity index (χ1v) is 10.7. The molecule has 1 heterocycles. The summed E-state index contributed by atoms with van der Waals surface area (Å²) >= 11 is 5.92. The summed E-state index contributed by atoms with van der Waals surface area (Å²) in [5.74, 6) is 1.41. The Labute approximate surface area is 180 Å². The van der Waals surface area contributed by atoms with Crippen molar-refractivity contribution in [2.75, 3.05) is 29.0 Å². The third kappa shape index (κ3) is 4.74. The lowest BCUT2D eigenvalue weighted by Crippen LogP contribution is -2.19. The van der Waals surface area contributed by atoms with Crippen LogP contribution in [-0.4, -0.2) is 29.1 Å². The van der Waals surface area contributed by atoms with Crippen LogP contribution in [0.5, 0.6) is 0 Å². The molecule has 0 radical (unpaired) electrons. The van der Waals surface area contributed by atoms with Gasteiger partial charge in [0.2, 0.25) is 5.95 Å². The smallest absolute Gasteiger partial charge is 0.229 e. The fraction of sp³-hybridized carbons (Fsp3) is 0.364. The fourth-order valence-corrected chi connectivity index (χ4v) is 3.60. The Bertz CT molecular complexity index is 1040. The number of benzene rings is 2. The Morgan fingerprint density at radius 3 is 2.80 bits per heavy atom. The molecule has 4 rings (SSSR count). The van der Waals surface area contributed by atoms with Crippen LogP contribution >= 0.6 is 11.6 Å². The number of aromatic nitrogens is 2. The summed E-state index contributed by atoms with van der Waals surface area (Å²) in [5, 5.41) is 11.1. The third-order valence-corrected chi connectivity index (χ3v) is 5.58. The van der Waals surface area contributed by atoms with E-state index in [-0.39, 0.29) is 5.02 Å². The molecule has 30 heavy (non-hydrogen) atoms. The maximum atomic E-state index is 13.5. The van der Waals surface area contributed by atoms with E-state index in [1.807, 2.05) is 18.2 Å². The van der Waals surface area contributed by atoms with Crippen LogP contribution < -0.4 is 21.7 Å². The minimum Gasteiger partial charge on any atom is -0.383 e. The van der Waals surface area contributed by atoms with Crippen LogP contribution in [0.3, 0.4) is 0 Å². The second-order valence-electron chi connectivity index (χ2n) is 7.69. The highest BCUT2D eigenvalue weighted by molar-refractivity contribution is 6.31. The van der Waals surface area contributed by atoms with Crippen molar-refractivity contribution in [3.63, 3.8) is 0 Å². The predicted octanol–water partition coefficient (Wildman–Crippen LogP) is 5.14. The number of anilines is 4. The van der Waals surface area contributed by atoms with E-state index in [9.17, 15) is 4.39 Å². The van der Waals surface area contributed by atoms with E-state index in [1.54, 1.807) is 6.07 Å². The number of fused-ring (bicyclic) bond motifs is 1. The van der Waals surface area contributed by atoms with E-state index in [0.717, 1.165) is 35.4 Å². The Kier molecular flexibility index (Phi) is 6.20. The SMILES string of the molecule is C[C@@H](Nc1nc(Nc2ccc(F)c(Cl)c2)nc2c(NCCCN)cccc12)C1CC1. The van der Waals surface area contributed by atoms with E-state index in [2.05, 4.69) is 22.9 Å². The van der Waals surface area contributed by atoms with Crippen LogP contribution in [0.15, 0.2) is 36.4 Å². The molecule has 0 unspecified atom stereocenters. The second-order valence-corrected chi connectivity index (χ2v) is 8.10. The molecule has 2 aromatic carbocycles. The molecule has 6 nitrogen and oxygen atoms in total. The lowest BCUT2D eigenvalue weighted by molar-refractivity contribution is 0.628. The van der Waals surface area contributed by atoms with Crippen LogP contribution in [0.2, 0.25) is 5.02 Å². The molecule has 3 aromatic rings. The van der Waals surface area contributed by atoms with Crippen LogP contribution in [0, 0.1) is 11.7 Å². The molecule has 0 aliphatic heterocycles. The van der Waals surface area contributed by atoms with Crippen molar-refractivity contribution < 1.29 is 4.39 Å². The molecule has 1 aliphatic rings. The summed E-state index contributed by atoms with van der Waals surface area (Å²) < 4.78 is 13.5. The molecular weight excluding hydrogens is 403 g/mol. The number of nitrogens with zero attached hydrogens (tertiary/aromatic N) is 2. The molecule has 1 aliphatic carbocycles. The summed E-state index contributed by atoms with van der Waals surface area (Å²) in [4.78, 5) is 9.45. The van der Waals surface area contributed by atoms with Gasteiger partial charge in [0, 0.05) is 23.7 Å². The molecule has 158 valence electrons. The number of hydrogen-bond donors (Lipinski definition) is 4. The minimum atomic E-state index is -0.464. The van der Waals surface area contributed by atoms with Gasteiger partial charge in [-0.05, 0) is 69.0 Å². The summed E-state index contributed by atoms with van der Waals surface area (Å²) in [6, 6.07) is 10.8. The van der Waals surface area contributed by atoms with Crippen molar-refractivity contribution in [1.29, 1.82) is 0 Å². The summed E-state index contributed by atoms with van der Waals surface area (Å²) in [5.41, 5.74) is 7.98. The topological polar surface area (TPSA) is 87.9 Å². The summed E-state index contributed by atoms with van der Waals surface area (Å²) in [6.07, 6.45) is 3.34. The molecular formula is C22H26ClFN6. The first-order valence-electron chi connectivity index (χ1n) is 10.3. The monoisotopic (exact) mass is 428 g/mol. The highest BCUT2D eigenvalue weighted by Crippen LogP contribution is 2.36. The van der Waals surface area contributed by atoms with Gasteiger partial charge in [0.25, 0.3) is 0 Å². The molecule has 1 saturated carbocycles. The van der Waals surface area contributed by atoms with Crippen molar-refractivity contribution in [2.45, 2.75) is 32.2 Å². The quantitative estimate of drug-likeness (QED) is 0.353. The molecule has 0 saturated heterocycles. The molecule has 1 atom stereocenters. The number of nitrogens with two attached hydrogens (primary N) is 1. The average molecular weight is 429 g/mol. The van der Waals surface area contributed by atoms with E-state index in [0.29, 0.717) is 30.1 Å². The van der Waals surface area contributed by atoms with Gasteiger partial charge in [-0.3, -0.25) is 0 Å². The largest absolute Gasteiger partial charge is 0.383 e. The Hall–Kier alpha value is -2.64. The predicted molar refractivity (Wildman–Crippen MR) is 122 cm³/mol. The highest BCUT2D eigenvalue weighted by atomic mass is 35.5. The Morgan fingerprint density at radius 1 is 1.23 bits per heavy atom. The lowest BCUT2D eigenvalue weighted by Gasteiger charge is -2.18. The van der Waals surface area contributed by atoms with Crippen molar-refractivity contribution in [1.82, 2.24) is 9.97 Å². The molecule has 1 fully saturated rings. The van der Waals surface area contributed by atoms with Crippen LogP contribution in [0.4, 0.5) is 27.5 Å². The zero-order valence-electron chi connectivity index (χ0n) is 16.9. The Morgan fingerprint density at radius 2 is 2.07 bits per heavy atom. The molecule has 5 N–H and O–H groups in total. The van der Waals surface area contributed by atoms with Gasteiger partial charge in [0.05, 0.1) is 10.7 Å². The third-order valence-electron chi connectivity index (χ3n) is 5.29. The maximum absolute atomic E-state index is 13.5. The number of nitrogens with one attached hydrogen (secondary N) is 3. The first kappa shape index (κ1) is 20.6. The zero-order chi connectivity index (χ0) is 21.1. The van der Waals surface area contributed by atoms with E-state index < -0.39 is 5.82 Å². The van der Waals surface area contributed by atoms with Gasteiger partial charge in [-0.25, -0.2) is 9.37 Å². The molecule has 8 heteroatoms. The van der Waals surface area contributed by atoms with Gasteiger partial charge >= 0.3 is 0 Å². The van der Waals surface area contributed by atoms with Gasteiger partial charge in [-0.2, -0.15) is 4.98 Å². The highest BCUT2D eigenvalue weighted by Gasteiger charge is 2.28. The average Bonchev–Trinajstić information content (AvgIpc) is 3.57. The minimum absolute atomic E-state index is 0.0469. The lowest BCUT2D eigenvalue weighted by atomic mass is 10.1. The van der Waals surface area contributed by atoms with Crippen molar-refractivity contribution in [3.05, 3.63) is 47.2 Å². The van der Waals surface area contributed by atoms with Gasteiger partial charge in [0.15, 0.2) is 0 Å². The van der Waals surface area contributed by atoms with Gasteiger partial charge in [-0.15, -0.1) is 0 Å². The molecule has 1 aromatic heterocycles. The van der Waals surface area contributed by atoms with Gasteiger partial charge < -0.3 is 21.7 Å². The second kappa shape index (κ2) is 9.02. The van der Waals surface area contributed by atoms with E-state index in [4.69, 9.17) is 27.3 Å². The summed E-state index contributed by atoms with van der Waals surface area (Å²) in [6.45, 7) is 3.57. The number of halogens is 2. The molecule has 0 bridgehead atoms. The van der Waals surface area contributed by atoms with Crippen molar-refractivity contribution >= 4 is 45.6 Å². The maximum Gasteiger partial charge on any atom is 0.229 e. The van der Waals surface area contributed by atoms with Crippen LogP contribution in [0.1, 0.15) is 26.2 Å². The first-order chi connectivity index (χ1) is 14.5. The van der Waals surface area contributed by atoms with Gasteiger partial charge in [0.1, 0.15) is 17.2 Å². The standard InChI is InChI=1S/C22H26ClFN6/c1-13(14-6-7-14)27-21-16-4-2-5-19(26-11-3-10-25)20(16)29-22(30-21)28-15-8-9-18(24)17(23)12-15/h2,4-5,8-9,12-14,26H,3,6-7,10-11,25H2,1H3,(H2,27,28,29,30)/t13-/m1/s1. The van der Waals surface area contributed by atoms with Gasteiger partial charge in [-0.1, -0.05) is 17.7 Å². The van der Waals surface area contributed by atoms with E-state index in [1.165, 1.54) is 25.0 Å². The number of hydrogen-bond acceptors (Lipinski definition) is 6. The Balaban J connectivity index is 1.72. The van der Waals surface area contributed by atoms with E-state index >= 15 is 0 Å². The fourth-order valence-electron chi connectivity index (χ4n) is 3.42. The normalized spacial score (nSPS) is 14.5. The number of rotatable bonds is 9. The van der Waals surface area contributed by atoms with Crippen molar-refractivity contribution in [2.24, 2.45) is 11.7 Å². The number of para-hydroxylation sites is 1. The van der Waals surface area contributed by atoms with Crippen LogP contribution in [0.25, 0.3) is 10.9 Å². The molecule has 0 spiro atoms. The van der Waals surface area contributed by atoms with Crippen LogP contribution in [-0.2, 0) is 0 Å².